The van der Waals surface area contributed by atoms with Crippen LogP contribution in [0.2, 0.25) is 0 Å². The number of ether oxygens (including phenoxy) is 1. The monoisotopic (exact) mass is 434 g/mol. The molecule has 0 atom stereocenters. The first-order chi connectivity index (χ1) is 15.0. The minimum atomic E-state index is -1.13. The number of aromatic hydroxyl groups is 1. The lowest BCUT2D eigenvalue weighted by atomic mass is 9.87. The number of aromatic carboxylic acids is 1. The maximum atomic E-state index is 12.5. The van der Waals surface area contributed by atoms with Crippen molar-refractivity contribution in [3.8, 4) is 22.8 Å². The smallest absolute Gasteiger partial charge is 0.356 e. The third-order valence-electron chi connectivity index (χ3n) is 4.86. The van der Waals surface area contributed by atoms with Crippen molar-refractivity contribution < 1.29 is 24.5 Å². The van der Waals surface area contributed by atoms with Crippen LogP contribution in [0.15, 0.2) is 48.8 Å². The Labute approximate surface area is 186 Å². The van der Waals surface area contributed by atoms with E-state index in [-0.39, 0.29) is 29.2 Å². The molecule has 3 aromatic rings. The van der Waals surface area contributed by atoms with Crippen LogP contribution in [0.3, 0.4) is 0 Å². The van der Waals surface area contributed by atoms with E-state index in [0.29, 0.717) is 29.0 Å². The fourth-order valence-electron chi connectivity index (χ4n) is 3.21. The number of phenolic OH excluding ortho intramolecular Hbond substituents is 1. The van der Waals surface area contributed by atoms with Gasteiger partial charge in [0.15, 0.2) is 11.5 Å². The van der Waals surface area contributed by atoms with Crippen molar-refractivity contribution in [1.29, 1.82) is 0 Å². The highest BCUT2D eigenvalue weighted by Crippen LogP contribution is 2.33. The van der Waals surface area contributed by atoms with Crippen LogP contribution < -0.4 is 4.74 Å². The number of Topliss-reactive ketones (excluding diaryl/α,β-unsaturated/α-hetero) is 1. The number of benzene rings is 2. The molecule has 2 N–H and O–H groups in total. The largest absolute Gasteiger partial charge is 0.507 e. The van der Waals surface area contributed by atoms with Gasteiger partial charge in [-0.1, -0.05) is 39.0 Å². The highest BCUT2D eigenvalue weighted by Gasteiger charge is 2.21. The summed E-state index contributed by atoms with van der Waals surface area (Å²) >= 11 is 0. The van der Waals surface area contributed by atoms with Gasteiger partial charge in [-0.15, -0.1) is 0 Å². The Hall–Kier alpha value is -3.74. The van der Waals surface area contributed by atoms with E-state index in [1.165, 1.54) is 12.4 Å². The number of carbonyl (C=O) groups excluding carboxylic acids is 1. The summed E-state index contributed by atoms with van der Waals surface area (Å²) in [5.41, 5.74) is 2.71. The molecule has 0 aliphatic heterocycles. The molecule has 166 valence electrons. The van der Waals surface area contributed by atoms with Crippen LogP contribution in [0.25, 0.3) is 11.3 Å². The fourth-order valence-corrected chi connectivity index (χ4v) is 3.21. The SMILES string of the molecule is Cc1c(OCc2cccc(-c3cnc(C(=O)O)cn3)c2)ccc(C(=O)CC(C)(C)C)c1O. The Morgan fingerprint density at radius 1 is 1.06 bits per heavy atom. The van der Waals surface area contributed by atoms with Crippen molar-refractivity contribution in [1.82, 2.24) is 9.97 Å². The molecule has 0 bridgehead atoms. The number of aromatic nitrogens is 2. The Kier molecular flexibility index (Phi) is 6.58. The second-order valence-electron chi connectivity index (χ2n) is 8.83. The zero-order valence-electron chi connectivity index (χ0n) is 18.5. The van der Waals surface area contributed by atoms with Gasteiger partial charge in [-0.05, 0) is 36.1 Å². The lowest BCUT2D eigenvalue weighted by Crippen LogP contribution is -2.13. The second kappa shape index (κ2) is 9.18. The molecule has 0 amide bonds. The maximum absolute atomic E-state index is 12.5. The van der Waals surface area contributed by atoms with Crippen LogP contribution in [-0.4, -0.2) is 31.9 Å². The number of nitrogens with zero attached hydrogens (tertiary/aromatic N) is 2. The van der Waals surface area contributed by atoms with Gasteiger partial charge in [0.05, 0.1) is 23.7 Å². The number of ketones is 1. The lowest BCUT2D eigenvalue weighted by molar-refractivity contribution is 0.0689. The summed E-state index contributed by atoms with van der Waals surface area (Å²) in [6.45, 7) is 7.89. The first-order valence-electron chi connectivity index (χ1n) is 10.2. The Balaban J connectivity index is 1.74. The number of carboxylic acid groups (broad SMARTS) is 1. The van der Waals surface area contributed by atoms with Gasteiger partial charge in [0, 0.05) is 17.5 Å². The molecule has 0 unspecified atom stereocenters. The molecule has 32 heavy (non-hydrogen) atoms. The Bertz CT molecular complexity index is 1150. The zero-order valence-corrected chi connectivity index (χ0v) is 18.5. The van der Waals surface area contributed by atoms with Gasteiger partial charge in [0.25, 0.3) is 0 Å². The number of carboxylic acids is 1. The molecule has 3 rings (SSSR count). The summed E-state index contributed by atoms with van der Waals surface area (Å²) in [5, 5.41) is 19.5. The van der Waals surface area contributed by atoms with E-state index in [0.717, 1.165) is 11.1 Å². The van der Waals surface area contributed by atoms with Crippen LogP contribution in [0, 0.1) is 12.3 Å². The third kappa shape index (κ3) is 5.49. The third-order valence-corrected chi connectivity index (χ3v) is 4.86. The van der Waals surface area contributed by atoms with Crippen molar-refractivity contribution in [3.63, 3.8) is 0 Å². The molecular weight excluding hydrogens is 408 g/mol. The Morgan fingerprint density at radius 2 is 1.81 bits per heavy atom. The first-order valence-corrected chi connectivity index (χ1v) is 10.2. The van der Waals surface area contributed by atoms with Gasteiger partial charge in [-0.2, -0.15) is 0 Å². The van der Waals surface area contributed by atoms with Crippen molar-refractivity contribution >= 4 is 11.8 Å². The van der Waals surface area contributed by atoms with E-state index < -0.39 is 5.97 Å². The van der Waals surface area contributed by atoms with Crippen molar-refractivity contribution in [2.24, 2.45) is 5.41 Å². The van der Waals surface area contributed by atoms with Crippen LogP contribution >= 0.6 is 0 Å². The quantitative estimate of drug-likeness (QED) is 0.501. The van der Waals surface area contributed by atoms with Crippen LogP contribution in [0.4, 0.5) is 0 Å². The van der Waals surface area contributed by atoms with E-state index in [2.05, 4.69) is 9.97 Å². The molecule has 0 saturated carbocycles. The van der Waals surface area contributed by atoms with Crippen LogP contribution in [0.5, 0.6) is 11.5 Å². The number of hydrogen-bond acceptors (Lipinski definition) is 6. The van der Waals surface area contributed by atoms with Gasteiger partial charge in [-0.3, -0.25) is 9.78 Å². The van der Waals surface area contributed by atoms with Gasteiger partial charge in [0.2, 0.25) is 0 Å². The van der Waals surface area contributed by atoms with E-state index in [4.69, 9.17) is 9.84 Å². The topological polar surface area (TPSA) is 110 Å². The zero-order chi connectivity index (χ0) is 23.5. The molecule has 0 fully saturated rings. The Morgan fingerprint density at radius 3 is 2.44 bits per heavy atom. The summed E-state index contributed by atoms with van der Waals surface area (Å²) < 4.78 is 5.90. The van der Waals surface area contributed by atoms with Gasteiger partial charge in [0.1, 0.15) is 18.1 Å². The standard InChI is InChI=1S/C25H26N2O5/c1-15-22(9-8-18(23(15)29)21(28)11-25(2,3)4)32-14-16-6-5-7-17(10-16)19-12-27-20(13-26-19)24(30)31/h5-10,12-13,29H,11,14H2,1-4H3,(H,30,31). The number of phenols is 1. The predicted molar refractivity (Wildman–Crippen MR) is 120 cm³/mol. The summed E-state index contributed by atoms with van der Waals surface area (Å²) in [4.78, 5) is 31.5. The van der Waals surface area contributed by atoms with Gasteiger partial charge < -0.3 is 14.9 Å². The van der Waals surface area contributed by atoms with E-state index in [1.807, 2.05) is 45.0 Å². The van der Waals surface area contributed by atoms with Gasteiger partial charge >= 0.3 is 5.97 Å². The predicted octanol–water partition coefficient (Wildman–Crippen LogP) is 5.05. The average molecular weight is 434 g/mol. The molecule has 1 heterocycles. The fraction of sp³-hybridized carbons (Fsp3) is 0.280. The molecule has 0 aliphatic rings. The number of carbonyl (C=O) groups is 2. The lowest BCUT2D eigenvalue weighted by Gasteiger charge is -2.18. The van der Waals surface area contributed by atoms with E-state index in [9.17, 15) is 14.7 Å². The minimum Gasteiger partial charge on any atom is -0.507 e. The normalized spacial score (nSPS) is 11.2. The summed E-state index contributed by atoms with van der Waals surface area (Å²) in [5.74, 6) is -0.798. The maximum Gasteiger partial charge on any atom is 0.356 e. The summed E-state index contributed by atoms with van der Waals surface area (Å²) in [6.07, 6.45) is 2.97. The summed E-state index contributed by atoms with van der Waals surface area (Å²) in [6, 6.07) is 10.8. The first kappa shape index (κ1) is 22.9. The second-order valence-corrected chi connectivity index (χ2v) is 8.83. The molecule has 1 aromatic heterocycles. The van der Waals surface area contributed by atoms with E-state index in [1.54, 1.807) is 19.1 Å². The van der Waals surface area contributed by atoms with Crippen molar-refractivity contribution in [2.45, 2.75) is 40.7 Å². The van der Waals surface area contributed by atoms with Crippen molar-refractivity contribution in [3.05, 3.63) is 71.2 Å². The van der Waals surface area contributed by atoms with E-state index >= 15 is 0 Å². The summed E-state index contributed by atoms with van der Waals surface area (Å²) in [7, 11) is 0. The molecule has 0 aliphatic carbocycles. The molecular formula is C25H26N2O5. The number of rotatable bonds is 7. The molecule has 0 saturated heterocycles. The van der Waals surface area contributed by atoms with Crippen LogP contribution in [-0.2, 0) is 6.61 Å². The average Bonchev–Trinajstić information content (AvgIpc) is 2.73. The molecule has 7 heteroatoms. The van der Waals surface area contributed by atoms with Crippen molar-refractivity contribution in [2.75, 3.05) is 0 Å². The highest BCUT2D eigenvalue weighted by atomic mass is 16.5. The highest BCUT2D eigenvalue weighted by molar-refractivity contribution is 5.99. The number of hydrogen-bond donors (Lipinski definition) is 2. The van der Waals surface area contributed by atoms with Crippen LogP contribution in [0.1, 0.15) is 59.2 Å². The molecule has 7 nitrogen and oxygen atoms in total. The molecule has 0 spiro atoms. The molecule has 2 aromatic carbocycles. The molecule has 0 radical (unpaired) electrons. The van der Waals surface area contributed by atoms with Gasteiger partial charge in [-0.25, -0.2) is 9.78 Å². The minimum absolute atomic E-state index is 0.0562.